The zero-order chi connectivity index (χ0) is 18.5. The fourth-order valence-corrected chi connectivity index (χ4v) is 3.03. The molecule has 0 aliphatic carbocycles. The second-order valence-corrected chi connectivity index (χ2v) is 6.31. The van der Waals surface area contributed by atoms with Crippen molar-refractivity contribution in [1.82, 2.24) is 14.9 Å². The smallest absolute Gasteiger partial charge is 0.407 e. The number of nitrogens with one attached hydrogen (secondary N) is 1. The molecule has 0 spiro atoms. The molecule has 7 nitrogen and oxygen atoms in total. The molecule has 1 saturated heterocycles. The van der Waals surface area contributed by atoms with E-state index in [1.807, 2.05) is 0 Å². The number of carbonyl (C=O) groups is 1. The number of nitrogens with zero attached hydrogens (tertiary/aromatic N) is 3. The van der Waals surface area contributed by atoms with Gasteiger partial charge in [-0.05, 0) is 23.8 Å². The van der Waals surface area contributed by atoms with Crippen LogP contribution < -0.4 is 5.32 Å². The van der Waals surface area contributed by atoms with Crippen LogP contribution in [0.5, 0.6) is 0 Å². The maximum absolute atomic E-state index is 13.9. The summed E-state index contributed by atoms with van der Waals surface area (Å²) in [7, 11) is 0. The average Bonchev–Trinajstić information content (AvgIpc) is 2.86. The molecule has 3 rings (SSSR count). The molecule has 0 radical (unpaired) electrons. The van der Waals surface area contributed by atoms with Gasteiger partial charge in [0.15, 0.2) is 0 Å². The Labute approximate surface area is 154 Å². The molecule has 1 fully saturated rings. The molecule has 1 aromatic heterocycles. The highest BCUT2D eigenvalue weighted by Gasteiger charge is 2.31. The van der Waals surface area contributed by atoms with Crippen molar-refractivity contribution >= 4 is 23.6 Å². The summed E-state index contributed by atoms with van der Waals surface area (Å²) in [6, 6.07) is 6.19. The molecule has 2 atom stereocenters. The minimum atomic E-state index is -1.02. The highest BCUT2D eigenvalue weighted by Crippen LogP contribution is 2.31. The first kappa shape index (κ1) is 18.3. The maximum Gasteiger partial charge on any atom is 0.407 e. The standard InChI is InChI=1S/C17H18ClFN4O3/c18-13-3-2-11(8-14(13)19)15-12(9-22-16-20-4-1-5-21-16)10-23(17(24)25)6-7-26-15/h1-5,8,12,15H,6-7,9-10H2,(H,24,25)(H,20,21,22)/t12-,15+/m1/s1. The number of amides is 1. The van der Waals surface area contributed by atoms with Crippen molar-refractivity contribution in [1.29, 1.82) is 0 Å². The number of aromatic nitrogens is 2. The lowest BCUT2D eigenvalue weighted by atomic mass is 9.95. The highest BCUT2D eigenvalue weighted by molar-refractivity contribution is 6.30. The summed E-state index contributed by atoms with van der Waals surface area (Å²) in [5.74, 6) is -0.372. The van der Waals surface area contributed by atoms with Crippen molar-refractivity contribution in [2.24, 2.45) is 5.92 Å². The third-order valence-corrected chi connectivity index (χ3v) is 4.48. The van der Waals surface area contributed by atoms with E-state index in [-0.39, 0.29) is 30.6 Å². The van der Waals surface area contributed by atoms with Gasteiger partial charge < -0.3 is 20.1 Å². The molecule has 2 heterocycles. The van der Waals surface area contributed by atoms with Gasteiger partial charge in [0.2, 0.25) is 5.95 Å². The van der Waals surface area contributed by atoms with E-state index >= 15 is 0 Å². The fraction of sp³-hybridized carbons (Fsp3) is 0.353. The summed E-state index contributed by atoms with van der Waals surface area (Å²) in [5, 5.41) is 12.5. The molecule has 2 aromatic rings. The number of benzene rings is 1. The number of carboxylic acid groups (broad SMARTS) is 1. The number of hydrogen-bond acceptors (Lipinski definition) is 5. The van der Waals surface area contributed by atoms with E-state index in [0.29, 0.717) is 18.1 Å². The molecule has 0 unspecified atom stereocenters. The van der Waals surface area contributed by atoms with Gasteiger partial charge in [-0.15, -0.1) is 0 Å². The molecule has 138 valence electrons. The monoisotopic (exact) mass is 380 g/mol. The van der Waals surface area contributed by atoms with Gasteiger partial charge >= 0.3 is 6.09 Å². The summed E-state index contributed by atoms with van der Waals surface area (Å²) < 4.78 is 19.8. The number of rotatable bonds is 4. The number of halogens is 2. The van der Waals surface area contributed by atoms with Crippen LogP contribution >= 0.6 is 11.6 Å². The van der Waals surface area contributed by atoms with Crippen LogP contribution in [0.2, 0.25) is 5.02 Å². The lowest BCUT2D eigenvalue weighted by Crippen LogP contribution is -2.37. The van der Waals surface area contributed by atoms with Crippen molar-refractivity contribution in [2.75, 3.05) is 31.6 Å². The van der Waals surface area contributed by atoms with Crippen LogP contribution in [0.15, 0.2) is 36.7 Å². The van der Waals surface area contributed by atoms with Crippen LogP contribution in [0.4, 0.5) is 15.1 Å². The Bertz CT molecular complexity index is 765. The van der Waals surface area contributed by atoms with Crippen molar-refractivity contribution in [3.05, 3.63) is 53.1 Å². The molecule has 0 bridgehead atoms. The molecule has 26 heavy (non-hydrogen) atoms. The van der Waals surface area contributed by atoms with Gasteiger partial charge in [0.25, 0.3) is 0 Å². The quantitative estimate of drug-likeness (QED) is 0.847. The maximum atomic E-state index is 13.9. The van der Waals surface area contributed by atoms with Gasteiger partial charge in [0.1, 0.15) is 5.82 Å². The first-order valence-corrected chi connectivity index (χ1v) is 8.47. The Kier molecular flexibility index (Phi) is 5.85. The molecular weight excluding hydrogens is 363 g/mol. The topological polar surface area (TPSA) is 87.6 Å². The van der Waals surface area contributed by atoms with Crippen LogP contribution in [-0.4, -0.2) is 52.3 Å². The van der Waals surface area contributed by atoms with Gasteiger partial charge in [0.05, 0.1) is 17.7 Å². The predicted molar refractivity (Wildman–Crippen MR) is 93.7 cm³/mol. The first-order valence-electron chi connectivity index (χ1n) is 8.10. The fourth-order valence-electron chi connectivity index (χ4n) is 2.91. The third-order valence-electron chi connectivity index (χ3n) is 4.17. The highest BCUT2D eigenvalue weighted by atomic mass is 35.5. The van der Waals surface area contributed by atoms with Crippen LogP contribution in [0.3, 0.4) is 0 Å². The Morgan fingerprint density at radius 2 is 2.19 bits per heavy atom. The van der Waals surface area contributed by atoms with Crippen molar-refractivity contribution < 1.29 is 19.0 Å². The number of hydrogen-bond donors (Lipinski definition) is 2. The minimum absolute atomic E-state index is 0.0295. The zero-order valence-electron chi connectivity index (χ0n) is 13.8. The van der Waals surface area contributed by atoms with E-state index in [1.54, 1.807) is 24.5 Å². The normalized spacial score (nSPS) is 20.5. The molecule has 2 N–H and O–H groups in total. The lowest BCUT2D eigenvalue weighted by Gasteiger charge is -2.27. The van der Waals surface area contributed by atoms with Gasteiger partial charge in [-0.3, -0.25) is 0 Å². The third kappa shape index (κ3) is 4.39. The Hall–Kier alpha value is -2.45. The van der Waals surface area contributed by atoms with Crippen molar-refractivity contribution in [3.63, 3.8) is 0 Å². The van der Waals surface area contributed by atoms with E-state index in [2.05, 4.69) is 15.3 Å². The second kappa shape index (κ2) is 8.29. The predicted octanol–water partition coefficient (Wildman–Crippen LogP) is 3.05. The molecule has 0 saturated carbocycles. The molecule has 1 aliphatic heterocycles. The minimum Gasteiger partial charge on any atom is -0.465 e. The Morgan fingerprint density at radius 1 is 1.42 bits per heavy atom. The number of ether oxygens (including phenoxy) is 1. The van der Waals surface area contributed by atoms with E-state index in [4.69, 9.17) is 16.3 Å². The molecule has 9 heteroatoms. The summed E-state index contributed by atoms with van der Waals surface area (Å²) in [5.41, 5.74) is 0.611. The summed E-state index contributed by atoms with van der Waals surface area (Å²) in [6.07, 6.45) is 1.71. The van der Waals surface area contributed by atoms with E-state index in [9.17, 15) is 14.3 Å². The van der Waals surface area contributed by atoms with Gasteiger partial charge in [0, 0.05) is 37.9 Å². The van der Waals surface area contributed by atoms with Gasteiger partial charge in [-0.1, -0.05) is 17.7 Å². The molecule has 1 amide bonds. The van der Waals surface area contributed by atoms with Gasteiger partial charge in [-0.2, -0.15) is 0 Å². The SMILES string of the molecule is O=C(O)N1CCO[C@@H](c2ccc(Cl)c(F)c2)[C@H](CNc2ncccn2)C1. The summed E-state index contributed by atoms with van der Waals surface area (Å²) in [6.45, 7) is 1.08. The average molecular weight is 381 g/mol. The second-order valence-electron chi connectivity index (χ2n) is 5.91. The van der Waals surface area contributed by atoms with E-state index in [1.165, 1.54) is 17.0 Å². The van der Waals surface area contributed by atoms with Crippen molar-refractivity contribution in [3.8, 4) is 0 Å². The summed E-state index contributed by atoms with van der Waals surface area (Å²) in [4.78, 5) is 20.9. The largest absolute Gasteiger partial charge is 0.465 e. The Balaban J connectivity index is 1.83. The van der Waals surface area contributed by atoms with Crippen LogP contribution in [0.25, 0.3) is 0 Å². The van der Waals surface area contributed by atoms with Crippen LogP contribution in [0, 0.1) is 11.7 Å². The van der Waals surface area contributed by atoms with E-state index < -0.39 is 18.0 Å². The first-order chi connectivity index (χ1) is 12.5. The molecule has 1 aromatic carbocycles. The lowest BCUT2D eigenvalue weighted by molar-refractivity contribution is 0.0340. The van der Waals surface area contributed by atoms with Crippen molar-refractivity contribution in [2.45, 2.75) is 6.10 Å². The molecular formula is C17H18ClFN4O3. The van der Waals surface area contributed by atoms with Gasteiger partial charge in [-0.25, -0.2) is 19.2 Å². The number of anilines is 1. The van der Waals surface area contributed by atoms with Crippen LogP contribution in [-0.2, 0) is 4.74 Å². The zero-order valence-corrected chi connectivity index (χ0v) is 14.6. The Morgan fingerprint density at radius 3 is 2.88 bits per heavy atom. The van der Waals surface area contributed by atoms with Crippen LogP contribution in [0.1, 0.15) is 11.7 Å². The molecule has 1 aliphatic rings. The summed E-state index contributed by atoms with van der Waals surface area (Å²) >= 11 is 5.76. The van der Waals surface area contributed by atoms with E-state index in [0.717, 1.165) is 0 Å².